The van der Waals surface area contributed by atoms with E-state index < -0.39 is 0 Å². The lowest BCUT2D eigenvalue weighted by Crippen LogP contribution is -2.23. The molecule has 2 rings (SSSR count). The maximum atomic E-state index is 8.94. The minimum atomic E-state index is -0.168. The summed E-state index contributed by atoms with van der Waals surface area (Å²) >= 11 is 5.23. The van der Waals surface area contributed by atoms with E-state index in [1.165, 1.54) is 0 Å². The van der Waals surface area contributed by atoms with Crippen LogP contribution in [-0.2, 0) is 18.6 Å². The SMILES string of the molecule is CN(Cc1cccc(C#N)c1)Cn1nc(C(C)(C)C)oc1=S. The topological polar surface area (TPSA) is 58.0 Å². The van der Waals surface area contributed by atoms with Crippen LogP contribution in [0.15, 0.2) is 28.7 Å². The van der Waals surface area contributed by atoms with Crippen molar-refractivity contribution in [3.63, 3.8) is 0 Å². The van der Waals surface area contributed by atoms with Gasteiger partial charge in [-0.2, -0.15) is 5.26 Å². The molecule has 0 saturated carbocycles. The summed E-state index contributed by atoms with van der Waals surface area (Å²) in [5.41, 5.74) is 1.57. The molecule has 2 aromatic rings. The lowest BCUT2D eigenvalue weighted by atomic mass is 9.97. The Bertz CT molecular complexity index is 748. The van der Waals surface area contributed by atoms with E-state index in [9.17, 15) is 0 Å². The van der Waals surface area contributed by atoms with Crippen molar-refractivity contribution in [2.75, 3.05) is 7.05 Å². The van der Waals surface area contributed by atoms with Gasteiger partial charge >= 0.3 is 0 Å². The Morgan fingerprint density at radius 3 is 2.73 bits per heavy atom. The molecule has 1 aromatic carbocycles. The van der Waals surface area contributed by atoms with Gasteiger partial charge in [0.05, 0.1) is 18.3 Å². The van der Waals surface area contributed by atoms with Crippen LogP contribution in [0.1, 0.15) is 37.8 Å². The molecule has 0 aliphatic rings. The first-order valence-electron chi connectivity index (χ1n) is 7.05. The fourth-order valence-electron chi connectivity index (χ4n) is 2.03. The Morgan fingerprint density at radius 1 is 1.41 bits per heavy atom. The first-order chi connectivity index (χ1) is 10.3. The fourth-order valence-corrected chi connectivity index (χ4v) is 2.21. The molecule has 6 heteroatoms. The summed E-state index contributed by atoms with van der Waals surface area (Å²) in [7, 11) is 1.98. The monoisotopic (exact) mass is 316 g/mol. The summed E-state index contributed by atoms with van der Waals surface area (Å²) in [4.78, 5) is 2.45. The van der Waals surface area contributed by atoms with Gasteiger partial charge in [0.25, 0.3) is 4.84 Å². The van der Waals surface area contributed by atoms with Crippen LogP contribution in [0.25, 0.3) is 0 Å². The highest BCUT2D eigenvalue weighted by Crippen LogP contribution is 2.20. The molecule has 0 amide bonds. The van der Waals surface area contributed by atoms with E-state index in [0.717, 1.165) is 5.56 Å². The van der Waals surface area contributed by atoms with Crippen LogP contribution in [0.3, 0.4) is 0 Å². The fraction of sp³-hybridized carbons (Fsp3) is 0.438. The van der Waals surface area contributed by atoms with E-state index >= 15 is 0 Å². The Labute approximate surface area is 135 Å². The molecule has 5 nitrogen and oxygen atoms in total. The van der Waals surface area contributed by atoms with E-state index in [1.807, 2.05) is 46.0 Å². The highest BCUT2D eigenvalue weighted by atomic mass is 32.1. The molecule has 0 N–H and O–H groups in total. The number of nitrogens with zero attached hydrogens (tertiary/aromatic N) is 4. The van der Waals surface area contributed by atoms with Crippen LogP contribution in [-0.4, -0.2) is 21.7 Å². The van der Waals surface area contributed by atoms with Gasteiger partial charge in [0.15, 0.2) is 0 Å². The van der Waals surface area contributed by atoms with Gasteiger partial charge in [-0.15, -0.1) is 5.10 Å². The average Bonchev–Trinajstić information content (AvgIpc) is 2.80. The minimum absolute atomic E-state index is 0.168. The highest BCUT2D eigenvalue weighted by molar-refractivity contribution is 7.71. The van der Waals surface area contributed by atoms with Crippen LogP contribution in [0.2, 0.25) is 0 Å². The summed E-state index contributed by atoms with van der Waals surface area (Å²) in [6.45, 7) is 7.35. The number of hydrogen-bond donors (Lipinski definition) is 0. The van der Waals surface area contributed by atoms with Gasteiger partial charge in [0.1, 0.15) is 0 Å². The smallest absolute Gasteiger partial charge is 0.288 e. The van der Waals surface area contributed by atoms with Crippen molar-refractivity contribution in [3.8, 4) is 6.07 Å². The second-order valence-corrected chi connectivity index (χ2v) is 6.74. The molecule has 0 atom stereocenters. The van der Waals surface area contributed by atoms with Gasteiger partial charge in [0, 0.05) is 12.0 Å². The molecule has 1 heterocycles. The lowest BCUT2D eigenvalue weighted by molar-refractivity contribution is 0.240. The van der Waals surface area contributed by atoms with Crippen LogP contribution < -0.4 is 0 Å². The van der Waals surface area contributed by atoms with Crippen molar-refractivity contribution in [1.82, 2.24) is 14.7 Å². The zero-order chi connectivity index (χ0) is 16.3. The van der Waals surface area contributed by atoms with Gasteiger partial charge in [0.2, 0.25) is 5.89 Å². The molecule has 0 unspecified atom stereocenters. The molecule has 0 bridgehead atoms. The molecule has 0 fully saturated rings. The number of rotatable bonds is 4. The second kappa shape index (κ2) is 6.42. The zero-order valence-corrected chi connectivity index (χ0v) is 14.1. The molecule has 0 saturated heterocycles. The third kappa shape index (κ3) is 4.03. The first-order valence-corrected chi connectivity index (χ1v) is 7.46. The maximum Gasteiger partial charge on any atom is 0.288 e. The summed E-state index contributed by atoms with van der Waals surface area (Å²) in [5, 5.41) is 13.4. The Hall–Kier alpha value is -1.97. The predicted molar refractivity (Wildman–Crippen MR) is 86.7 cm³/mol. The van der Waals surface area contributed by atoms with Crippen molar-refractivity contribution in [2.45, 2.75) is 39.4 Å². The molecule has 0 aliphatic heterocycles. The average molecular weight is 316 g/mol. The molecule has 1 aromatic heterocycles. The number of benzene rings is 1. The number of aromatic nitrogens is 2. The van der Waals surface area contributed by atoms with E-state index in [4.69, 9.17) is 21.9 Å². The second-order valence-electron chi connectivity index (χ2n) is 6.39. The molecule has 0 radical (unpaired) electrons. The third-order valence-electron chi connectivity index (χ3n) is 3.13. The lowest BCUT2D eigenvalue weighted by Gasteiger charge is -2.16. The summed E-state index contributed by atoms with van der Waals surface area (Å²) in [6, 6.07) is 9.73. The van der Waals surface area contributed by atoms with Crippen molar-refractivity contribution in [3.05, 3.63) is 46.1 Å². The Morgan fingerprint density at radius 2 is 2.14 bits per heavy atom. The highest BCUT2D eigenvalue weighted by Gasteiger charge is 2.21. The number of nitriles is 1. The van der Waals surface area contributed by atoms with Crippen molar-refractivity contribution in [2.24, 2.45) is 0 Å². The molecule has 116 valence electrons. The summed E-state index contributed by atoms with van der Waals surface area (Å²) in [5.74, 6) is 0.636. The van der Waals surface area contributed by atoms with Gasteiger partial charge in [-0.1, -0.05) is 32.9 Å². The zero-order valence-electron chi connectivity index (χ0n) is 13.3. The van der Waals surface area contributed by atoms with Crippen LogP contribution in [0.4, 0.5) is 0 Å². The van der Waals surface area contributed by atoms with Crippen molar-refractivity contribution >= 4 is 12.2 Å². The van der Waals surface area contributed by atoms with Gasteiger partial charge in [-0.3, -0.25) is 4.90 Å². The maximum absolute atomic E-state index is 8.94. The minimum Gasteiger partial charge on any atom is -0.413 e. The third-order valence-corrected chi connectivity index (χ3v) is 3.43. The van der Waals surface area contributed by atoms with Crippen LogP contribution in [0.5, 0.6) is 0 Å². The van der Waals surface area contributed by atoms with Crippen LogP contribution in [0, 0.1) is 16.2 Å². The summed E-state index contributed by atoms with van der Waals surface area (Å²) < 4.78 is 7.25. The van der Waals surface area contributed by atoms with E-state index in [-0.39, 0.29) is 5.41 Å². The predicted octanol–water partition coefficient (Wildman–Crippen LogP) is 3.46. The standard InChI is InChI=1S/C16H20N4OS/c1-16(2,3)14-18-20(15(22)21-14)11-19(4)10-13-7-5-6-12(8-13)9-17/h5-8H,10-11H2,1-4H3. The van der Waals surface area contributed by atoms with Gasteiger partial charge < -0.3 is 4.42 Å². The van der Waals surface area contributed by atoms with Gasteiger partial charge in [-0.25, -0.2) is 4.68 Å². The molecular formula is C16H20N4OS. The van der Waals surface area contributed by atoms with E-state index in [1.54, 1.807) is 10.7 Å². The normalized spacial score (nSPS) is 11.6. The van der Waals surface area contributed by atoms with E-state index in [0.29, 0.717) is 29.5 Å². The Kier molecular flexibility index (Phi) is 4.79. The largest absolute Gasteiger partial charge is 0.413 e. The van der Waals surface area contributed by atoms with E-state index in [2.05, 4.69) is 16.1 Å². The summed E-state index contributed by atoms with van der Waals surface area (Å²) in [6.07, 6.45) is 0. The first kappa shape index (κ1) is 16.4. The Balaban J connectivity index is 2.09. The van der Waals surface area contributed by atoms with Crippen molar-refractivity contribution in [1.29, 1.82) is 5.26 Å². The molecule has 0 aliphatic carbocycles. The van der Waals surface area contributed by atoms with Gasteiger partial charge in [-0.05, 0) is 37.0 Å². The van der Waals surface area contributed by atoms with Crippen molar-refractivity contribution < 1.29 is 4.42 Å². The molecular weight excluding hydrogens is 296 g/mol. The number of hydrogen-bond acceptors (Lipinski definition) is 5. The quantitative estimate of drug-likeness (QED) is 0.808. The molecule has 22 heavy (non-hydrogen) atoms. The van der Waals surface area contributed by atoms with Crippen LogP contribution >= 0.6 is 12.2 Å². The molecule has 0 spiro atoms.